The molecule has 0 atom stereocenters. The number of amides is 1. The summed E-state index contributed by atoms with van der Waals surface area (Å²) in [5.74, 6) is -0.453. The Morgan fingerprint density at radius 2 is 1.74 bits per heavy atom. The highest BCUT2D eigenvalue weighted by Gasteiger charge is 2.21. The van der Waals surface area contributed by atoms with E-state index in [1.54, 1.807) is 24.3 Å². The Balaban J connectivity index is 0.00000484. The van der Waals surface area contributed by atoms with Crippen molar-refractivity contribution in [2.45, 2.75) is 46.1 Å². The first-order valence-electron chi connectivity index (χ1n) is 7.72. The van der Waals surface area contributed by atoms with E-state index in [1.807, 2.05) is 27.7 Å². The number of benzene rings is 1. The lowest BCUT2D eigenvalue weighted by atomic mass is 10.1. The van der Waals surface area contributed by atoms with Crippen molar-refractivity contribution in [1.29, 1.82) is 0 Å². The molecule has 23 heavy (non-hydrogen) atoms. The maximum Gasteiger partial charge on any atom is 0.338 e. The van der Waals surface area contributed by atoms with Crippen LogP contribution in [0.5, 0.6) is 0 Å². The number of esters is 1. The fourth-order valence-electron chi connectivity index (χ4n) is 1.66. The van der Waals surface area contributed by atoms with E-state index in [9.17, 15) is 9.59 Å². The molecule has 0 heterocycles. The highest BCUT2D eigenvalue weighted by atomic mass is 35.5. The summed E-state index contributed by atoms with van der Waals surface area (Å²) >= 11 is 0. The second-order valence-corrected chi connectivity index (χ2v) is 5.81. The maximum absolute atomic E-state index is 12.0. The van der Waals surface area contributed by atoms with Gasteiger partial charge >= 0.3 is 5.97 Å². The number of hydrogen-bond acceptors (Lipinski definition) is 4. The van der Waals surface area contributed by atoms with Gasteiger partial charge in [-0.05, 0) is 57.5 Å². The molecular weight excluding hydrogens is 316 g/mol. The van der Waals surface area contributed by atoms with Gasteiger partial charge in [0.25, 0.3) is 0 Å². The molecule has 0 aliphatic carbocycles. The van der Waals surface area contributed by atoms with Crippen molar-refractivity contribution in [2.24, 2.45) is 0 Å². The Hall–Kier alpha value is -1.59. The number of carbonyl (C=O) groups is 2. The second-order valence-electron chi connectivity index (χ2n) is 5.81. The fraction of sp³-hybridized carbons (Fsp3) is 0.529. The molecule has 1 aromatic rings. The Morgan fingerprint density at radius 1 is 1.13 bits per heavy atom. The summed E-state index contributed by atoms with van der Waals surface area (Å²) < 4.78 is 5.42. The van der Waals surface area contributed by atoms with E-state index in [2.05, 4.69) is 10.6 Å². The average molecular weight is 343 g/mol. The zero-order valence-corrected chi connectivity index (χ0v) is 15.1. The van der Waals surface area contributed by atoms with Crippen LogP contribution in [0.15, 0.2) is 24.3 Å². The van der Waals surface area contributed by atoms with Gasteiger partial charge in [-0.1, -0.05) is 13.8 Å². The van der Waals surface area contributed by atoms with Crippen molar-refractivity contribution in [2.75, 3.05) is 18.4 Å². The molecule has 0 saturated carbocycles. The molecule has 1 aromatic carbocycles. The predicted molar refractivity (Wildman–Crippen MR) is 95.3 cm³/mol. The van der Waals surface area contributed by atoms with E-state index >= 15 is 0 Å². The van der Waals surface area contributed by atoms with E-state index in [4.69, 9.17) is 4.74 Å². The molecule has 0 fully saturated rings. The van der Waals surface area contributed by atoms with Crippen LogP contribution >= 0.6 is 12.4 Å². The molecule has 2 N–H and O–H groups in total. The molecule has 5 nitrogen and oxygen atoms in total. The van der Waals surface area contributed by atoms with Crippen LogP contribution in [0.25, 0.3) is 0 Å². The van der Waals surface area contributed by atoms with E-state index in [0.29, 0.717) is 11.3 Å². The lowest BCUT2D eigenvalue weighted by molar-refractivity contribution is -0.115. The molecule has 130 valence electrons. The smallest absolute Gasteiger partial charge is 0.338 e. The third kappa shape index (κ3) is 8.00. The minimum absolute atomic E-state index is 0. The van der Waals surface area contributed by atoms with Crippen molar-refractivity contribution >= 4 is 30.0 Å². The fourth-order valence-corrected chi connectivity index (χ4v) is 1.66. The van der Waals surface area contributed by atoms with Gasteiger partial charge < -0.3 is 15.4 Å². The Morgan fingerprint density at radius 3 is 2.26 bits per heavy atom. The molecule has 0 aromatic heterocycles. The molecule has 0 saturated heterocycles. The quantitative estimate of drug-likeness (QED) is 0.561. The van der Waals surface area contributed by atoms with E-state index in [-0.39, 0.29) is 30.8 Å². The number of ether oxygens (including phenoxy) is 1. The predicted octanol–water partition coefficient (Wildman–Crippen LogP) is 3.39. The molecule has 0 bridgehead atoms. The van der Waals surface area contributed by atoms with Gasteiger partial charge in [-0.3, -0.25) is 4.79 Å². The van der Waals surface area contributed by atoms with E-state index in [0.717, 1.165) is 19.4 Å². The van der Waals surface area contributed by atoms with Gasteiger partial charge in [0.05, 0.1) is 12.1 Å². The zero-order chi connectivity index (χ0) is 16.6. The largest absolute Gasteiger partial charge is 0.456 e. The minimum Gasteiger partial charge on any atom is -0.456 e. The van der Waals surface area contributed by atoms with Gasteiger partial charge in [-0.2, -0.15) is 0 Å². The van der Waals surface area contributed by atoms with Crippen LogP contribution in [0.3, 0.4) is 0 Å². The van der Waals surface area contributed by atoms with Crippen molar-refractivity contribution in [3.8, 4) is 0 Å². The summed E-state index contributed by atoms with van der Waals surface area (Å²) in [7, 11) is 0. The molecule has 0 unspecified atom stereocenters. The summed E-state index contributed by atoms with van der Waals surface area (Å²) in [6.07, 6.45) is 1.73. The van der Waals surface area contributed by atoms with Gasteiger partial charge in [0.1, 0.15) is 5.60 Å². The van der Waals surface area contributed by atoms with Gasteiger partial charge in [-0.25, -0.2) is 4.79 Å². The monoisotopic (exact) mass is 342 g/mol. The Kier molecular flexibility index (Phi) is 9.53. The summed E-state index contributed by atoms with van der Waals surface area (Å²) in [5.41, 5.74) is 0.660. The molecule has 0 spiro atoms. The first kappa shape index (κ1) is 21.4. The first-order valence-corrected chi connectivity index (χ1v) is 7.72. The zero-order valence-electron chi connectivity index (χ0n) is 14.3. The van der Waals surface area contributed by atoms with Crippen LogP contribution in [0.2, 0.25) is 0 Å². The van der Waals surface area contributed by atoms with Crippen LogP contribution in [-0.2, 0) is 9.53 Å². The topological polar surface area (TPSA) is 67.4 Å². The molecule has 6 heteroatoms. The number of nitrogens with one attached hydrogen (secondary N) is 2. The molecule has 0 radical (unpaired) electrons. The van der Waals surface area contributed by atoms with Gasteiger partial charge in [0.15, 0.2) is 0 Å². The maximum atomic E-state index is 12.0. The number of hydrogen-bond donors (Lipinski definition) is 2. The second kappa shape index (κ2) is 10.2. The van der Waals surface area contributed by atoms with Crippen LogP contribution in [0.4, 0.5) is 5.69 Å². The average Bonchev–Trinajstić information content (AvgIpc) is 2.48. The van der Waals surface area contributed by atoms with Crippen LogP contribution < -0.4 is 10.6 Å². The minimum atomic E-state index is -0.477. The molecule has 1 amide bonds. The molecular formula is C17H27ClN2O3. The number of carbonyl (C=O) groups excluding carboxylic acids is 2. The van der Waals surface area contributed by atoms with Crippen molar-refractivity contribution in [3.05, 3.63) is 29.8 Å². The molecule has 1 rings (SSSR count). The molecule has 0 aliphatic heterocycles. The summed E-state index contributed by atoms with van der Waals surface area (Å²) in [5, 5.41) is 5.80. The third-order valence-corrected chi connectivity index (χ3v) is 3.34. The van der Waals surface area contributed by atoms with Crippen molar-refractivity contribution in [3.63, 3.8) is 0 Å². The van der Waals surface area contributed by atoms with Gasteiger partial charge in [-0.15, -0.1) is 12.4 Å². The summed E-state index contributed by atoms with van der Waals surface area (Å²) in [6.45, 7) is 8.86. The summed E-state index contributed by atoms with van der Waals surface area (Å²) in [4.78, 5) is 23.7. The number of rotatable bonds is 8. The normalized spacial score (nSPS) is 10.6. The van der Waals surface area contributed by atoms with Crippen molar-refractivity contribution in [1.82, 2.24) is 5.32 Å². The van der Waals surface area contributed by atoms with Gasteiger partial charge in [0, 0.05) is 5.69 Å². The van der Waals surface area contributed by atoms with Crippen LogP contribution in [-0.4, -0.2) is 30.6 Å². The van der Waals surface area contributed by atoms with Crippen LogP contribution in [0.1, 0.15) is 50.9 Å². The SMILES string of the molecule is CCCNCC(=O)Nc1ccc(C(=O)OC(C)(C)CC)cc1.Cl. The van der Waals surface area contributed by atoms with Crippen LogP contribution in [0, 0.1) is 0 Å². The van der Waals surface area contributed by atoms with E-state index < -0.39 is 5.60 Å². The third-order valence-electron chi connectivity index (χ3n) is 3.34. The highest BCUT2D eigenvalue weighted by Crippen LogP contribution is 2.17. The molecule has 0 aliphatic rings. The lowest BCUT2D eigenvalue weighted by Gasteiger charge is -2.23. The Labute approximate surface area is 144 Å². The Bertz CT molecular complexity index is 501. The van der Waals surface area contributed by atoms with E-state index in [1.165, 1.54) is 0 Å². The first-order chi connectivity index (χ1) is 10.4. The number of anilines is 1. The number of halogens is 1. The van der Waals surface area contributed by atoms with Crippen molar-refractivity contribution < 1.29 is 14.3 Å². The highest BCUT2D eigenvalue weighted by molar-refractivity contribution is 5.94. The summed E-state index contributed by atoms with van der Waals surface area (Å²) in [6, 6.07) is 6.72. The van der Waals surface area contributed by atoms with Gasteiger partial charge in [0.2, 0.25) is 5.91 Å². The standard InChI is InChI=1S/C17H26N2O3.ClH/c1-5-11-18-12-15(20)19-14-9-7-13(8-10-14)16(21)22-17(3,4)6-2;/h7-10,18H,5-6,11-12H2,1-4H3,(H,19,20);1H. The lowest BCUT2D eigenvalue weighted by Crippen LogP contribution is -2.28.